The van der Waals surface area contributed by atoms with E-state index >= 15 is 0 Å². The van der Waals surface area contributed by atoms with Crippen molar-refractivity contribution in [2.75, 3.05) is 7.05 Å². The van der Waals surface area contributed by atoms with Crippen molar-refractivity contribution in [2.24, 2.45) is 4.99 Å². The van der Waals surface area contributed by atoms with E-state index in [1.54, 1.807) is 14.0 Å². The third kappa shape index (κ3) is 6.88. The van der Waals surface area contributed by atoms with Crippen molar-refractivity contribution in [3.63, 3.8) is 0 Å². The molecule has 116 valence electrons. The Kier molecular flexibility index (Phi) is 11.3. The van der Waals surface area contributed by atoms with E-state index in [0.29, 0.717) is 10.2 Å². The van der Waals surface area contributed by atoms with Gasteiger partial charge in [-0.3, -0.25) is 4.99 Å². The van der Waals surface area contributed by atoms with Gasteiger partial charge in [0.2, 0.25) is 0 Å². The highest BCUT2D eigenvalue weighted by atomic mass is 79.9. The molecule has 0 saturated heterocycles. The van der Waals surface area contributed by atoms with Gasteiger partial charge in [0.1, 0.15) is 0 Å². The van der Waals surface area contributed by atoms with Crippen LogP contribution in [-0.4, -0.2) is 23.0 Å². The van der Waals surface area contributed by atoms with Gasteiger partial charge in [-0.15, -0.1) is 0 Å². The summed E-state index contributed by atoms with van der Waals surface area (Å²) in [6.45, 7) is 9.64. The average molecular weight is 356 g/mol. The summed E-state index contributed by atoms with van der Waals surface area (Å²) in [7, 11) is 1.57. The molecule has 20 heavy (non-hydrogen) atoms. The molecule has 0 saturated carbocycles. The van der Waals surface area contributed by atoms with Crippen LogP contribution in [0.5, 0.6) is 0 Å². The maximum atomic E-state index is 12.3. The van der Waals surface area contributed by atoms with E-state index in [4.69, 9.17) is 0 Å². The predicted molar refractivity (Wildman–Crippen MR) is 82.2 cm³/mol. The average Bonchev–Trinajstić information content (AvgIpc) is 2.92. The summed E-state index contributed by atoms with van der Waals surface area (Å²) in [5, 5.41) is 3.43. The topological polar surface area (TPSA) is 30.2 Å². The predicted octanol–water partition coefficient (Wildman–Crippen LogP) is 5.24. The van der Waals surface area contributed by atoms with Gasteiger partial charge in [0, 0.05) is 19.5 Å². The molecule has 1 aromatic heterocycles. The molecule has 0 fully saturated rings. The van der Waals surface area contributed by atoms with E-state index in [2.05, 4.69) is 26.0 Å². The van der Waals surface area contributed by atoms with Crippen LogP contribution in [0.2, 0.25) is 0 Å². The van der Waals surface area contributed by atoms with Crippen LogP contribution in [0.25, 0.3) is 5.70 Å². The Labute approximate surface area is 126 Å². The number of allylic oxidation sites excluding steroid dienone is 2. The zero-order chi connectivity index (χ0) is 16.3. The molecule has 0 amide bonds. The molecule has 1 rings (SSSR count). The van der Waals surface area contributed by atoms with E-state index in [1.807, 2.05) is 27.7 Å². The lowest BCUT2D eigenvalue weighted by Gasteiger charge is -2.03. The first-order valence-electron chi connectivity index (χ1n) is 6.28. The van der Waals surface area contributed by atoms with Gasteiger partial charge in [0.05, 0.1) is 10.2 Å². The minimum Gasteiger partial charge on any atom is -0.295 e. The first-order valence-corrected chi connectivity index (χ1v) is 7.07. The van der Waals surface area contributed by atoms with Crippen LogP contribution in [-0.2, 0) is 6.18 Å². The summed E-state index contributed by atoms with van der Waals surface area (Å²) >= 11 is 3.19. The summed E-state index contributed by atoms with van der Waals surface area (Å²) in [6, 6.07) is 0.923. The number of nitrogens with zero attached hydrogens (tertiary/aromatic N) is 3. The molecule has 1 aromatic rings. The summed E-state index contributed by atoms with van der Waals surface area (Å²) in [4.78, 5) is 3.74. The second kappa shape index (κ2) is 10.7. The number of alkyl halides is 3. The molecule has 7 heteroatoms. The summed E-state index contributed by atoms with van der Waals surface area (Å²) in [5.74, 6) is 0. The van der Waals surface area contributed by atoms with Gasteiger partial charge >= 0.3 is 6.18 Å². The van der Waals surface area contributed by atoms with Gasteiger partial charge in [0.25, 0.3) is 0 Å². The Morgan fingerprint density at radius 3 is 2.15 bits per heavy atom. The molecule has 0 aliphatic rings. The second-order valence-electron chi connectivity index (χ2n) is 2.96. The Bertz CT molecular complexity index is 434. The van der Waals surface area contributed by atoms with Crippen LogP contribution in [0.4, 0.5) is 13.2 Å². The minimum absolute atomic E-state index is 0.529. The first-order chi connectivity index (χ1) is 9.36. The lowest BCUT2D eigenvalue weighted by atomic mass is 10.4. The number of aliphatic imine (C=N–C) groups is 1. The molecule has 0 aliphatic carbocycles. The molecule has 0 aromatic carbocycles. The molecule has 1 heterocycles. The van der Waals surface area contributed by atoms with Crippen LogP contribution in [0.3, 0.4) is 0 Å². The van der Waals surface area contributed by atoms with Crippen molar-refractivity contribution in [2.45, 2.75) is 40.8 Å². The Balaban J connectivity index is 0. The standard InChI is InChI=1S/C9H9BrF3N3.2C2H6/c1-6(7(10)5-14-2)16-4-3-8(15-16)9(11,12)13;2*1-2/h3-5H,1-2H3;2*1-2H3/b7-6-,14-5?;;. The fourth-order valence-electron chi connectivity index (χ4n) is 0.978. The van der Waals surface area contributed by atoms with Crippen LogP contribution in [0.15, 0.2) is 21.7 Å². The Hall–Kier alpha value is -1.11. The monoisotopic (exact) mass is 355 g/mol. The Morgan fingerprint density at radius 2 is 1.80 bits per heavy atom. The summed E-state index contributed by atoms with van der Waals surface area (Å²) in [6.07, 6.45) is -1.68. The third-order valence-corrected chi connectivity index (χ3v) is 2.59. The molecule has 0 atom stereocenters. The van der Waals surface area contributed by atoms with Crippen molar-refractivity contribution in [1.29, 1.82) is 0 Å². The van der Waals surface area contributed by atoms with Crippen molar-refractivity contribution in [1.82, 2.24) is 9.78 Å². The van der Waals surface area contributed by atoms with Gasteiger partial charge in [-0.2, -0.15) is 18.3 Å². The molecule has 0 aliphatic heterocycles. The largest absolute Gasteiger partial charge is 0.435 e. The molecule has 0 radical (unpaired) electrons. The van der Waals surface area contributed by atoms with Crippen LogP contribution >= 0.6 is 15.9 Å². The SMILES string of the molecule is CC.CC.CN=C/C(Br)=C(\C)n1ccc(C(F)(F)F)n1. The van der Waals surface area contributed by atoms with E-state index in [-0.39, 0.29) is 0 Å². The van der Waals surface area contributed by atoms with Crippen LogP contribution < -0.4 is 0 Å². The van der Waals surface area contributed by atoms with Crippen molar-refractivity contribution >= 4 is 27.8 Å². The molecule has 3 nitrogen and oxygen atoms in total. The lowest BCUT2D eigenvalue weighted by Crippen LogP contribution is -2.07. The lowest BCUT2D eigenvalue weighted by molar-refractivity contribution is -0.141. The first kappa shape index (κ1) is 21.2. The normalized spacial score (nSPS) is 12.1. The van der Waals surface area contributed by atoms with Crippen molar-refractivity contribution in [3.8, 4) is 0 Å². The van der Waals surface area contributed by atoms with Crippen LogP contribution in [0, 0.1) is 0 Å². The summed E-state index contributed by atoms with van der Waals surface area (Å²) in [5.41, 5.74) is -0.387. The van der Waals surface area contributed by atoms with E-state index in [9.17, 15) is 13.2 Å². The number of rotatable bonds is 2. The van der Waals surface area contributed by atoms with Gasteiger partial charge in [-0.1, -0.05) is 27.7 Å². The van der Waals surface area contributed by atoms with E-state index < -0.39 is 11.9 Å². The molecular weight excluding hydrogens is 335 g/mol. The fraction of sp³-hybridized carbons (Fsp3) is 0.538. The van der Waals surface area contributed by atoms with E-state index in [1.165, 1.54) is 12.4 Å². The highest BCUT2D eigenvalue weighted by Crippen LogP contribution is 2.28. The number of hydrogen-bond donors (Lipinski definition) is 0. The van der Waals surface area contributed by atoms with Gasteiger partial charge in [0.15, 0.2) is 5.69 Å². The fourth-order valence-corrected chi connectivity index (χ4v) is 1.36. The van der Waals surface area contributed by atoms with Gasteiger partial charge < -0.3 is 0 Å². The van der Waals surface area contributed by atoms with Crippen molar-refractivity contribution in [3.05, 3.63) is 22.4 Å². The quantitative estimate of drug-likeness (QED) is 0.667. The minimum atomic E-state index is -4.42. The second-order valence-corrected chi connectivity index (χ2v) is 3.82. The maximum absolute atomic E-state index is 12.3. The van der Waals surface area contributed by atoms with E-state index in [0.717, 1.165) is 10.7 Å². The maximum Gasteiger partial charge on any atom is 0.435 e. The smallest absolute Gasteiger partial charge is 0.295 e. The van der Waals surface area contributed by atoms with Crippen LogP contribution in [0.1, 0.15) is 40.3 Å². The highest BCUT2D eigenvalue weighted by Gasteiger charge is 2.33. The molecule has 0 spiro atoms. The molecule has 0 N–H and O–H groups in total. The molecule has 0 bridgehead atoms. The van der Waals surface area contributed by atoms with Crippen molar-refractivity contribution < 1.29 is 13.2 Å². The molecule has 0 unspecified atom stereocenters. The Morgan fingerprint density at radius 1 is 1.30 bits per heavy atom. The molecular formula is C13H21BrF3N3. The van der Waals surface area contributed by atoms with Gasteiger partial charge in [-0.05, 0) is 28.9 Å². The zero-order valence-electron chi connectivity index (χ0n) is 12.6. The number of hydrogen-bond acceptors (Lipinski definition) is 2. The number of aromatic nitrogens is 2. The zero-order valence-corrected chi connectivity index (χ0v) is 14.2. The van der Waals surface area contributed by atoms with Gasteiger partial charge in [-0.25, -0.2) is 4.68 Å². The summed E-state index contributed by atoms with van der Waals surface area (Å²) < 4.78 is 38.6. The number of halogens is 4. The highest BCUT2D eigenvalue weighted by molar-refractivity contribution is 9.12. The third-order valence-electron chi connectivity index (χ3n) is 1.81.